The number of nitrogens with one attached hydrogen (secondary N) is 2. The zero-order valence-corrected chi connectivity index (χ0v) is 9.55. The van der Waals surface area contributed by atoms with Crippen LogP contribution in [0, 0.1) is 5.92 Å². The Morgan fingerprint density at radius 2 is 2.21 bits per heavy atom. The van der Waals surface area contributed by atoms with Crippen molar-refractivity contribution in [1.82, 2.24) is 10.6 Å². The number of hydrogen-bond acceptors (Lipinski definition) is 2. The maximum Gasteiger partial charge on any atom is 0.00822 e. The smallest absolute Gasteiger partial charge is 0.00822 e. The molecule has 0 aromatic rings. The Balaban J connectivity index is 1.60. The third-order valence-electron chi connectivity index (χ3n) is 3.69. The van der Waals surface area contributed by atoms with Crippen LogP contribution in [-0.4, -0.2) is 24.7 Å². The van der Waals surface area contributed by atoms with Gasteiger partial charge in [0, 0.05) is 18.1 Å². The molecule has 82 valence electrons. The summed E-state index contributed by atoms with van der Waals surface area (Å²) in [5.41, 5.74) is 0. The van der Waals surface area contributed by atoms with E-state index < -0.39 is 0 Å². The molecule has 2 rings (SSSR count). The lowest BCUT2D eigenvalue weighted by atomic mass is 9.81. The largest absolute Gasteiger partial charge is 0.314 e. The molecule has 1 saturated heterocycles. The van der Waals surface area contributed by atoms with Crippen molar-refractivity contribution in [2.24, 2.45) is 5.92 Å². The summed E-state index contributed by atoms with van der Waals surface area (Å²) in [5, 5.41) is 7.30. The van der Waals surface area contributed by atoms with E-state index in [-0.39, 0.29) is 0 Å². The van der Waals surface area contributed by atoms with E-state index in [4.69, 9.17) is 0 Å². The van der Waals surface area contributed by atoms with E-state index in [0.29, 0.717) is 6.04 Å². The molecule has 2 aliphatic rings. The first-order chi connectivity index (χ1) is 6.74. The molecule has 14 heavy (non-hydrogen) atoms. The van der Waals surface area contributed by atoms with E-state index in [1.54, 1.807) is 0 Å². The molecule has 0 amide bonds. The Morgan fingerprint density at radius 1 is 1.43 bits per heavy atom. The van der Waals surface area contributed by atoms with Gasteiger partial charge in [-0.2, -0.15) is 0 Å². The summed E-state index contributed by atoms with van der Waals surface area (Å²) in [6.07, 6.45) is 6.85. The summed E-state index contributed by atoms with van der Waals surface area (Å²) in [5.74, 6) is 0.962. The van der Waals surface area contributed by atoms with Crippen molar-refractivity contribution in [3.05, 3.63) is 0 Å². The van der Waals surface area contributed by atoms with Crippen LogP contribution in [0.25, 0.3) is 0 Å². The molecule has 2 N–H and O–H groups in total. The maximum atomic E-state index is 3.73. The molecule has 1 saturated carbocycles. The molecule has 2 nitrogen and oxygen atoms in total. The van der Waals surface area contributed by atoms with E-state index >= 15 is 0 Å². The third kappa shape index (κ3) is 2.71. The second-order valence-electron chi connectivity index (χ2n) is 5.37. The van der Waals surface area contributed by atoms with Gasteiger partial charge in [-0.25, -0.2) is 0 Å². The van der Waals surface area contributed by atoms with Crippen molar-refractivity contribution in [2.75, 3.05) is 6.54 Å². The molecule has 2 atom stereocenters. The highest BCUT2D eigenvalue weighted by atomic mass is 15.0. The van der Waals surface area contributed by atoms with Crippen molar-refractivity contribution in [3.8, 4) is 0 Å². The normalized spacial score (nSPS) is 39.4. The topological polar surface area (TPSA) is 24.1 Å². The minimum absolute atomic E-state index is 0.697. The van der Waals surface area contributed by atoms with Crippen LogP contribution in [0.1, 0.15) is 46.0 Å². The molecule has 0 radical (unpaired) electrons. The minimum Gasteiger partial charge on any atom is -0.314 e. The molecule has 0 aromatic heterocycles. The van der Waals surface area contributed by atoms with Crippen LogP contribution in [-0.2, 0) is 0 Å². The van der Waals surface area contributed by atoms with Gasteiger partial charge in [-0.1, -0.05) is 6.92 Å². The highest BCUT2D eigenvalue weighted by Crippen LogP contribution is 2.27. The highest BCUT2D eigenvalue weighted by Gasteiger charge is 2.27. The Morgan fingerprint density at radius 3 is 2.79 bits per heavy atom. The molecule has 2 fully saturated rings. The average Bonchev–Trinajstić information content (AvgIpc) is 2.54. The van der Waals surface area contributed by atoms with Crippen LogP contribution in [0.4, 0.5) is 0 Å². The van der Waals surface area contributed by atoms with Crippen molar-refractivity contribution >= 4 is 0 Å². The van der Waals surface area contributed by atoms with Gasteiger partial charge in [0.1, 0.15) is 0 Å². The van der Waals surface area contributed by atoms with Gasteiger partial charge in [0.2, 0.25) is 0 Å². The molecule has 0 spiro atoms. The van der Waals surface area contributed by atoms with E-state index in [1.807, 2.05) is 0 Å². The lowest BCUT2D eigenvalue weighted by Gasteiger charge is -2.36. The lowest BCUT2D eigenvalue weighted by molar-refractivity contribution is 0.219. The highest BCUT2D eigenvalue weighted by molar-refractivity contribution is 4.86. The van der Waals surface area contributed by atoms with Crippen molar-refractivity contribution in [1.29, 1.82) is 0 Å². The quantitative estimate of drug-likeness (QED) is 0.717. The van der Waals surface area contributed by atoms with Gasteiger partial charge in [0.15, 0.2) is 0 Å². The van der Waals surface area contributed by atoms with E-state index in [9.17, 15) is 0 Å². The Labute approximate surface area is 87.8 Å². The van der Waals surface area contributed by atoms with Crippen LogP contribution in [0.5, 0.6) is 0 Å². The summed E-state index contributed by atoms with van der Waals surface area (Å²) in [4.78, 5) is 0. The average molecular weight is 196 g/mol. The summed E-state index contributed by atoms with van der Waals surface area (Å²) in [6.45, 7) is 5.92. The van der Waals surface area contributed by atoms with E-state index in [0.717, 1.165) is 18.0 Å². The van der Waals surface area contributed by atoms with Gasteiger partial charge in [-0.3, -0.25) is 0 Å². The van der Waals surface area contributed by atoms with Gasteiger partial charge in [0.25, 0.3) is 0 Å². The zero-order valence-electron chi connectivity index (χ0n) is 9.55. The van der Waals surface area contributed by atoms with Crippen LogP contribution < -0.4 is 10.6 Å². The van der Waals surface area contributed by atoms with Gasteiger partial charge in [0.05, 0.1) is 0 Å². The molecule has 2 heteroatoms. The SMILES string of the molecule is CC1CC(NC(C)CC2CCCN2)C1. The molecule has 1 aliphatic heterocycles. The fraction of sp³-hybridized carbons (Fsp3) is 1.00. The first kappa shape index (κ1) is 10.4. The molecule has 2 unspecified atom stereocenters. The second kappa shape index (κ2) is 4.63. The first-order valence-corrected chi connectivity index (χ1v) is 6.23. The minimum atomic E-state index is 0.697. The Hall–Kier alpha value is -0.0800. The van der Waals surface area contributed by atoms with Crippen LogP contribution in [0.15, 0.2) is 0 Å². The van der Waals surface area contributed by atoms with Gasteiger partial charge in [-0.15, -0.1) is 0 Å². The van der Waals surface area contributed by atoms with Gasteiger partial charge >= 0.3 is 0 Å². The summed E-state index contributed by atoms with van der Waals surface area (Å²) >= 11 is 0. The predicted octanol–water partition coefficient (Wildman–Crippen LogP) is 1.91. The number of hydrogen-bond donors (Lipinski definition) is 2. The fourth-order valence-corrected chi connectivity index (χ4v) is 2.89. The van der Waals surface area contributed by atoms with Gasteiger partial charge < -0.3 is 10.6 Å². The van der Waals surface area contributed by atoms with Crippen LogP contribution in [0.3, 0.4) is 0 Å². The predicted molar refractivity (Wildman–Crippen MR) is 60.4 cm³/mol. The summed E-state index contributed by atoms with van der Waals surface area (Å²) in [7, 11) is 0. The first-order valence-electron chi connectivity index (χ1n) is 6.23. The molecular formula is C12H24N2. The molecule has 1 aliphatic carbocycles. The van der Waals surface area contributed by atoms with E-state index in [2.05, 4.69) is 24.5 Å². The van der Waals surface area contributed by atoms with Crippen molar-refractivity contribution < 1.29 is 0 Å². The van der Waals surface area contributed by atoms with Crippen LogP contribution in [0.2, 0.25) is 0 Å². The second-order valence-corrected chi connectivity index (χ2v) is 5.37. The third-order valence-corrected chi connectivity index (χ3v) is 3.69. The lowest BCUT2D eigenvalue weighted by Crippen LogP contribution is -2.46. The Kier molecular flexibility index (Phi) is 3.45. The summed E-state index contributed by atoms with van der Waals surface area (Å²) in [6, 6.07) is 2.31. The molecule has 0 bridgehead atoms. The molecule has 0 aromatic carbocycles. The van der Waals surface area contributed by atoms with Crippen molar-refractivity contribution in [3.63, 3.8) is 0 Å². The van der Waals surface area contributed by atoms with Gasteiger partial charge in [-0.05, 0) is 51.5 Å². The van der Waals surface area contributed by atoms with Crippen molar-refractivity contribution in [2.45, 2.75) is 64.1 Å². The van der Waals surface area contributed by atoms with Crippen LogP contribution >= 0.6 is 0 Å². The summed E-state index contributed by atoms with van der Waals surface area (Å²) < 4.78 is 0. The molecular weight excluding hydrogens is 172 g/mol. The monoisotopic (exact) mass is 196 g/mol. The standard InChI is InChI=1S/C12H24N2/c1-9-6-12(7-9)14-10(2)8-11-4-3-5-13-11/h9-14H,3-8H2,1-2H3. The molecule has 1 heterocycles. The zero-order chi connectivity index (χ0) is 9.97. The number of rotatable bonds is 4. The van der Waals surface area contributed by atoms with E-state index in [1.165, 1.54) is 38.6 Å². The maximum absolute atomic E-state index is 3.73. The fourth-order valence-electron chi connectivity index (χ4n) is 2.89. The Bertz CT molecular complexity index is 169.